The number of hydrogen-bond donors (Lipinski definition) is 0. The highest BCUT2D eigenvalue weighted by atomic mass is 16.6. The predicted molar refractivity (Wildman–Crippen MR) is 81.1 cm³/mol. The van der Waals surface area contributed by atoms with E-state index in [1.807, 2.05) is 4.90 Å². The van der Waals surface area contributed by atoms with E-state index in [1.165, 1.54) is 0 Å². The lowest BCUT2D eigenvalue weighted by molar-refractivity contribution is -0.384. The Kier molecular flexibility index (Phi) is 3.99. The van der Waals surface area contributed by atoms with E-state index in [0.29, 0.717) is 42.9 Å². The Morgan fingerprint density at radius 3 is 2.52 bits per heavy atom. The maximum Gasteiger partial charge on any atom is 0.333 e. The summed E-state index contributed by atoms with van der Waals surface area (Å²) in [6.07, 6.45) is 0. The molecular weight excluding hydrogens is 302 g/mol. The normalized spacial score (nSPS) is 16.0. The average Bonchev–Trinajstić information content (AvgIpc) is 3.02. The molecule has 0 bridgehead atoms. The summed E-state index contributed by atoms with van der Waals surface area (Å²) in [4.78, 5) is 19.3. The zero-order valence-corrected chi connectivity index (χ0v) is 13.4. The van der Waals surface area contributed by atoms with E-state index >= 15 is 0 Å². The lowest BCUT2D eigenvalue weighted by Crippen LogP contribution is -2.46. The van der Waals surface area contributed by atoms with Crippen molar-refractivity contribution in [2.45, 2.75) is 20.4 Å². The second-order valence-corrected chi connectivity index (χ2v) is 5.64. The van der Waals surface area contributed by atoms with Gasteiger partial charge in [-0.3, -0.25) is 15.0 Å². The standard InChI is InChI=1S/C13H19N7O3/c1-9-12(20(21)22)13(17(3)15-9)19-6-4-18(5-7-19)8-11-14-10(2)16-23-11/h4-8H2,1-3H3. The van der Waals surface area contributed by atoms with Gasteiger partial charge in [0.1, 0.15) is 5.69 Å². The molecule has 0 saturated carbocycles. The van der Waals surface area contributed by atoms with Crippen molar-refractivity contribution in [1.82, 2.24) is 24.8 Å². The molecule has 2 aromatic rings. The zero-order valence-electron chi connectivity index (χ0n) is 13.4. The summed E-state index contributed by atoms with van der Waals surface area (Å²) in [5.41, 5.74) is 0.532. The molecule has 3 heterocycles. The molecule has 1 fully saturated rings. The Morgan fingerprint density at radius 1 is 1.26 bits per heavy atom. The molecule has 0 unspecified atom stereocenters. The van der Waals surface area contributed by atoms with E-state index in [0.717, 1.165) is 13.1 Å². The van der Waals surface area contributed by atoms with Crippen LogP contribution in [-0.2, 0) is 13.6 Å². The van der Waals surface area contributed by atoms with Crippen LogP contribution in [0.2, 0.25) is 0 Å². The number of piperazine rings is 1. The molecule has 0 amide bonds. The topological polar surface area (TPSA) is 106 Å². The van der Waals surface area contributed by atoms with Gasteiger partial charge in [0.15, 0.2) is 5.82 Å². The minimum Gasteiger partial charge on any atom is -0.349 e. The van der Waals surface area contributed by atoms with E-state index in [-0.39, 0.29) is 10.6 Å². The van der Waals surface area contributed by atoms with Crippen molar-refractivity contribution in [2.24, 2.45) is 7.05 Å². The molecule has 0 radical (unpaired) electrons. The smallest absolute Gasteiger partial charge is 0.333 e. The summed E-state index contributed by atoms with van der Waals surface area (Å²) in [5, 5.41) is 19.3. The van der Waals surface area contributed by atoms with Gasteiger partial charge in [-0.25, -0.2) is 4.68 Å². The number of nitro groups is 1. The summed E-state index contributed by atoms with van der Waals surface area (Å²) >= 11 is 0. The van der Waals surface area contributed by atoms with E-state index < -0.39 is 0 Å². The number of anilines is 1. The number of aryl methyl sites for hydroxylation is 3. The van der Waals surface area contributed by atoms with Crippen LogP contribution in [0.4, 0.5) is 11.5 Å². The van der Waals surface area contributed by atoms with Crippen LogP contribution < -0.4 is 4.90 Å². The molecule has 1 saturated heterocycles. The van der Waals surface area contributed by atoms with E-state index in [4.69, 9.17) is 4.52 Å². The van der Waals surface area contributed by atoms with Gasteiger partial charge in [-0.15, -0.1) is 0 Å². The highest BCUT2D eigenvalue weighted by molar-refractivity contribution is 5.61. The average molecular weight is 321 g/mol. The Bertz CT molecular complexity index is 715. The lowest BCUT2D eigenvalue weighted by Gasteiger charge is -2.34. The second kappa shape index (κ2) is 5.95. The van der Waals surface area contributed by atoms with Crippen molar-refractivity contribution in [3.63, 3.8) is 0 Å². The van der Waals surface area contributed by atoms with E-state index in [2.05, 4.69) is 20.1 Å². The molecule has 0 atom stereocenters. The van der Waals surface area contributed by atoms with Gasteiger partial charge >= 0.3 is 5.69 Å². The van der Waals surface area contributed by atoms with Gasteiger partial charge in [0, 0.05) is 33.2 Å². The summed E-state index contributed by atoms with van der Waals surface area (Å²) in [6, 6.07) is 0. The first-order valence-corrected chi connectivity index (χ1v) is 7.40. The fraction of sp³-hybridized carbons (Fsp3) is 0.615. The van der Waals surface area contributed by atoms with Crippen LogP contribution >= 0.6 is 0 Å². The van der Waals surface area contributed by atoms with Crippen molar-refractivity contribution < 1.29 is 9.45 Å². The Balaban J connectivity index is 1.68. The highest BCUT2D eigenvalue weighted by Crippen LogP contribution is 2.31. The van der Waals surface area contributed by atoms with Crippen LogP contribution in [-0.4, -0.2) is 55.9 Å². The first kappa shape index (κ1) is 15.4. The maximum absolute atomic E-state index is 11.3. The predicted octanol–water partition coefficient (Wildman–Crippen LogP) is 0.650. The van der Waals surface area contributed by atoms with Gasteiger partial charge in [-0.05, 0) is 13.8 Å². The van der Waals surface area contributed by atoms with Crippen LogP contribution in [0.5, 0.6) is 0 Å². The third kappa shape index (κ3) is 3.02. The van der Waals surface area contributed by atoms with Crippen LogP contribution in [0.15, 0.2) is 4.52 Å². The summed E-state index contributed by atoms with van der Waals surface area (Å²) in [7, 11) is 1.74. The maximum atomic E-state index is 11.3. The van der Waals surface area contributed by atoms with Gasteiger partial charge in [0.2, 0.25) is 11.7 Å². The highest BCUT2D eigenvalue weighted by Gasteiger charge is 2.30. The molecule has 0 spiro atoms. The lowest BCUT2D eigenvalue weighted by atomic mass is 10.3. The summed E-state index contributed by atoms with van der Waals surface area (Å²) in [6.45, 7) is 6.96. The monoisotopic (exact) mass is 321 g/mol. The molecule has 124 valence electrons. The second-order valence-electron chi connectivity index (χ2n) is 5.64. The van der Waals surface area contributed by atoms with Crippen LogP contribution in [0, 0.1) is 24.0 Å². The largest absolute Gasteiger partial charge is 0.349 e. The van der Waals surface area contributed by atoms with Crippen molar-refractivity contribution in [1.29, 1.82) is 0 Å². The van der Waals surface area contributed by atoms with Gasteiger partial charge in [0.05, 0.1) is 11.5 Å². The SMILES string of the molecule is Cc1noc(CN2CCN(c3c([N+](=O)[O-])c(C)nn3C)CC2)n1. The molecule has 0 N–H and O–H groups in total. The Morgan fingerprint density at radius 2 is 1.96 bits per heavy atom. The number of nitrogens with zero attached hydrogens (tertiary/aromatic N) is 7. The molecule has 10 heteroatoms. The number of aromatic nitrogens is 4. The fourth-order valence-corrected chi connectivity index (χ4v) is 2.92. The zero-order chi connectivity index (χ0) is 16.6. The van der Waals surface area contributed by atoms with Crippen LogP contribution in [0.3, 0.4) is 0 Å². The molecule has 1 aliphatic heterocycles. The van der Waals surface area contributed by atoms with Crippen molar-refractivity contribution in [2.75, 3.05) is 31.1 Å². The molecule has 3 rings (SSSR count). The molecule has 0 aliphatic carbocycles. The summed E-state index contributed by atoms with van der Waals surface area (Å²) in [5.74, 6) is 1.79. The van der Waals surface area contributed by atoms with Gasteiger partial charge < -0.3 is 9.42 Å². The van der Waals surface area contributed by atoms with Gasteiger partial charge in [-0.2, -0.15) is 10.1 Å². The van der Waals surface area contributed by atoms with Crippen molar-refractivity contribution in [3.8, 4) is 0 Å². The Labute approximate surface area is 132 Å². The Hall–Kier alpha value is -2.49. The minimum atomic E-state index is -0.356. The van der Waals surface area contributed by atoms with Gasteiger partial charge in [0.25, 0.3) is 0 Å². The van der Waals surface area contributed by atoms with Crippen LogP contribution in [0.25, 0.3) is 0 Å². The molecule has 2 aromatic heterocycles. The number of hydrogen-bond acceptors (Lipinski definition) is 8. The fourth-order valence-electron chi connectivity index (χ4n) is 2.92. The molecule has 0 aromatic carbocycles. The van der Waals surface area contributed by atoms with Crippen molar-refractivity contribution in [3.05, 3.63) is 27.5 Å². The molecule has 10 nitrogen and oxygen atoms in total. The third-order valence-corrected chi connectivity index (χ3v) is 3.94. The first-order valence-electron chi connectivity index (χ1n) is 7.40. The van der Waals surface area contributed by atoms with Gasteiger partial charge in [-0.1, -0.05) is 5.16 Å². The summed E-state index contributed by atoms with van der Waals surface area (Å²) < 4.78 is 6.72. The van der Waals surface area contributed by atoms with E-state index in [1.54, 1.807) is 25.6 Å². The third-order valence-electron chi connectivity index (χ3n) is 3.94. The first-order chi connectivity index (χ1) is 11.0. The molecule has 23 heavy (non-hydrogen) atoms. The molecule has 1 aliphatic rings. The van der Waals surface area contributed by atoms with Crippen LogP contribution in [0.1, 0.15) is 17.4 Å². The minimum absolute atomic E-state index is 0.0912. The quantitative estimate of drug-likeness (QED) is 0.597. The van der Waals surface area contributed by atoms with Crippen molar-refractivity contribution >= 4 is 11.5 Å². The molecular formula is C13H19N7O3. The number of rotatable bonds is 4. The van der Waals surface area contributed by atoms with E-state index in [9.17, 15) is 10.1 Å².